The predicted octanol–water partition coefficient (Wildman–Crippen LogP) is 1.05. The Morgan fingerprint density at radius 2 is 2.05 bits per heavy atom. The Balaban J connectivity index is 2.07. The van der Waals surface area contributed by atoms with E-state index in [9.17, 15) is 14.4 Å². The Morgan fingerprint density at radius 1 is 1.36 bits per heavy atom. The van der Waals surface area contributed by atoms with Crippen molar-refractivity contribution in [2.24, 2.45) is 0 Å². The molecule has 0 saturated carbocycles. The van der Waals surface area contributed by atoms with Gasteiger partial charge in [-0.2, -0.15) is 0 Å². The number of carbonyl (C=O) groups is 1. The molecule has 0 bridgehead atoms. The largest absolute Gasteiger partial charge is 0.465 e. The fourth-order valence-corrected chi connectivity index (χ4v) is 2.91. The van der Waals surface area contributed by atoms with Gasteiger partial charge in [-0.3, -0.25) is 14.2 Å². The van der Waals surface area contributed by atoms with Crippen molar-refractivity contribution in [1.29, 1.82) is 0 Å². The zero-order valence-electron chi connectivity index (χ0n) is 11.5. The van der Waals surface area contributed by atoms with Crippen LogP contribution >= 0.6 is 11.6 Å². The highest BCUT2D eigenvalue weighted by Gasteiger charge is 2.26. The molecule has 116 valence electrons. The highest BCUT2D eigenvalue weighted by molar-refractivity contribution is 6.30. The van der Waals surface area contributed by atoms with Gasteiger partial charge in [-0.15, -0.1) is 0 Å². The molecule has 2 N–H and O–H groups in total. The number of hydrogen-bond acceptors (Lipinski definition) is 4. The average Bonchev–Trinajstić information content (AvgIpc) is 2.49. The van der Waals surface area contributed by atoms with Crippen molar-refractivity contribution in [3.05, 3.63) is 38.0 Å². The van der Waals surface area contributed by atoms with Crippen molar-refractivity contribution in [3.63, 3.8) is 0 Å². The maximum absolute atomic E-state index is 12.2. The molecule has 1 aliphatic rings. The lowest BCUT2D eigenvalue weighted by atomic mass is 10.0. The number of aromatic nitrogens is 3. The van der Waals surface area contributed by atoms with Crippen LogP contribution in [0.5, 0.6) is 0 Å². The van der Waals surface area contributed by atoms with Crippen LogP contribution in [0.15, 0.2) is 21.9 Å². The van der Waals surface area contributed by atoms with Crippen molar-refractivity contribution in [2.45, 2.75) is 18.9 Å². The molecule has 0 aliphatic carbocycles. The van der Waals surface area contributed by atoms with Gasteiger partial charge in [-0.1, -0.05) is 11.6 Å². The van der Waals surface area contributed by atoms with E-state index in [0.29, 0.717) is 42.1 Å². The van der Waals surface area contributed by atoms with Gasteiger partial charge < -0.3 is 15.0 Å². The summed E-state index contributed by atoms with van der Waals surface area (Å²) >= 11 is 5.86. The van der Waals surface area contributed by atoms with E-state index in [-0.39, 0.29) is 6.04 Å². The smallest absolute Gasteiger partial charge is 0.407 e. The van der Waals surface area contributed by atoms with Gasteiger partial charge in [0, 0.05) is 25.3 Å². The number of hydrogen-bond donors (Lipinski definition) is 2. The highest BCUT2D eigenvalue weighted by atomic mass is 35.5. The third-order valence-corrected chi connectivity index (χ3v) is 4.03. The lowest BCUT2D eigenvalue weighted by Gasteiger charge is -2.31. The number of halogens is 1. The third kappa shape index (κ3) is 2.45. The topological polar surface area (TPSA) is 108 Å². The second kappa shape index (κ2) is 5.45. The van der Waals surface area contributed by atoms with Gasteiger partial charge in [-0.05, 0) is 18.9 Å². The van der Waals surface area contributed by atoms with Crippen LogP contribution in [0.1, 0.15) is 18.9 Å². The number of rotatable bonds is 1. The molecule has 0 unspecified atom stereocenters. The molecule has 1 aliphatic heterocycles. The molecule has 0 aromatic carbocycles. The lowest BCUT2D eigenvalue weighted by Crippen LogP contribution is -2.44. The van der Waals surface area contributed by atoms with Crippen molar-refractivity contribution in [3.8, 4) is 0 Å². The highest BCUT2D eigenvalue weighted by Crippen LogP contribution is 2.24. The average molecular weight is 325 g/mol. The van der Waals surface area contributed by atoms with E-state index in [4.69, 9.17) is 16.7 Å². The molecule has 1 fully saturated rings. The molecule has 3 rings (SSSR count). The first-order chi connectivity index (χ1) is 10.5. The van der Waals surface area contributed by atoms with E-state index < -0.39 is 17.2 Å². The Kier molecular flexibility index (Phi) is 3.61. The van der Waals surface area contributed by atoms with Crippen LogP contribution < -0.4 is 11.1 Å². The summed E-state index contributed by atoms with van der Waals surface area (Å²) in [4.78, 5) is 42.9. The van der Waals surface area contributed by atoms with Crippen LogP contribution in [-0.2, 0) is 0 Å². The van der Waals surface area contributed by atoms with Crippen molar-refractivity contribution in [2.75, 3.05) is 13.1 Å². The quantitative estimate of drug-likeness (QED) is 0.762. The molecule has 0 spiro atoms. The first-order valence-corrected chi connectivity index (χ1v) is 7.13. The SMILES string of the molecule is O=C(O)N1CCC(n2c(=O)c(=O)[nH]c3cc(Cl)cnc32)CC1. The minimum atomic E-state index is -0.980. The van der Waals surface area contributed by atoms with Gasteiger partial charge in [0.15, 0.2) is 5.65 Å². The molecule has 0 radical (unpaired) electrons. The zero-order valence-corrected chi connectivity index (χ0v) is 12.2. The van der Waals surface area contributed by atoms with E-state index >= 15 is 0 Å². The Hall–Kier alpha value is -2.35. The van der Waals surface area contributed by atoms with Gasteiger partial charge in [-0.25, -0.2) is 9.78 Å². The molecule has 2 aromatic heterocycles. The van der Waals surface area contributed by atoms with Crippen LogP contribution in [0.3, 0.4) is 0 Å². The fourth-order valence-electron chi connectivity index (χ4n) is 2.75. The lowest BCUT2D eigenvalue weighted by molar-refractivity contribution is 0.125. The number of fused-ring (bicyclic) bond motifs is 1. The molecular weight excluding hydrogens is 312 g/mol. The van der Waals surface area contributed by atoms with Crippen molar-refractivity contribution >= 4 is 28.9 Å². The summed E-state index contributed by atoms with van der Waals surface area (Å²) in [5, 5.41) is 9.33. The first kappa shape index (κ1) is 14.6. The molecule has 1 amide bonds. The van der Waals surface area contributed by atoms with Gasteiger partial charge >= 0.3 is 17.2 Å². The molecule has 22 heavy (non-hydrogen) atoms. The summed E-state index contributed by atoms with van der Waals surface area (Å²) in [6, 6.07) is 1.27. The van der Waals surface area contributed by atoms with Crippen LogP contribution in [0, 0.1) is 0 Å². The number of amides is 1. The van der Waals surface area contributed by atoms with Crippen LogP contribution in [0.25, 0.3) is 11.2 Å². The summed E-state index contributed by atoms with van der Waals surface area (Å²) in [7, 11) is 0. The maximum Gasteiger partial charge on any atom is 0.407 e. The van der Waals surface area contributed by atoms with E-state index in [1.165, 1.54) is 21.7 Å². The summed E-state index contributed by atoms with van der Waals surface area (Å²) in [5.41, 5.74) is -0.686. The second-order valence-corrected chi connectivity index (χ2v) is 5.59. The van der Waals surface area contributed by atoms with Gasteiger partial charge in [0.05, 0.1) is 10.5 Å². The number of H-pyrrole nitrogens is 1. The summed E-state index contributed by atoms with van der Waals surface area (Å²) in [6.45, 7) is 0.628. The fraction of sp³-hybridized carbons (Fsp3) is 0.385. The normalized spacial score (nSPS) is 16.1. The van der Waals surface area contributed by atoms with Gasteiger partial charge in [0.25, 0.3) is 0 Å². The van der Waals surface area contributed by atoms with E-state index in [0.717, 1.165) is 0 Å². The number of likely N-dealkylation sites (tertiary alicyclic amines) is 1. The van der Waals surface area contributed by atoms with Gasteiger partial charge in [0.1, 0.15) is 0 Å². The number of piperidine rings is 1. The number of aromatic amines is 1. The maximum atomic E-state index is 12.2. The van der Waals surface area contributed by atoms with Crippen molar-refractivity contribution < 1.29 is 9.90 Å². The van der Waals surface area contributed by atoms with Crippen molar-refractivity contribution in [1.82, 2.24) is 19.4 Å². The minimum absolute atomic E-state index is 0.262. The van der Waals surface area contributed by atoms with E-state index in [2.05, 4.69) is 9.97 Å². The van der Waals surface area contributed by atoms with Crippen LogP contribution in [-0.4, -0.2) is 43.7 Å². The van der Waals surface area contributed by atoms with Crippen LogP contribution in [0.2, 0.25) is 5.02 Å². The zero-order chi connectivity index (χ0) is 15.9. The molecule has 1 saturated heterocycles. The summed E-state index contributed by atoms with van der Waals surface area (Å²) in [5.74, 6) is 0. The summed E-state index contributed by atoms with van der Waals surface area (Å²) < 4.78 is 1.35. The number of pyridine rings is 1. The van der Waals surface area contributed by atoms with Crippen LogP contribution in [0.4, 0.5) is 4.79 Å². The molecule has 3 heterocycles. The Bertz CT molecular complexity index is 851. The minimum Gasteiger partial charge on any atom is -0.465 e. The second-order valence-electron chi connectivity index (χ2n) is 5.15. The number of nitrogens with one attached hydrogen (secondary N) is 1. The molecule has 2 aromatic rings. The number of carboxylic acid groups (broad SMARTS) is 1. The Labute approximate surface area is 129 Å². The molecule has 9 heteroatoms. The monoisotopic (exact) mass is 324 g/mol. The third-order valence-electron chi connectivity index (χ3n) is 3.82. The summed E-state index contributed by atoms with van der Waals surface area (Å²) in [6.07, 6.45) is 1.33. The van der Waals surface area contributed by atoms with Gasteiger partial charge in [0.2, 0.25) is 0 Å². The number of nitrogens with zero attached hydrogens (tertiary/aromatic N) is 3. The predicted molar refractivity (Wildman–Crippen MR) is 79.5 cm³/mol. The van der Waals surface area contributed by atoms with E-state index in [1.807, 2.05) is 0 Å². The first-order valence-electron chi connectivity index (χ1n) is 6.75. The standard InChI is InChI=1S/C13H13ClN4O4/c14-7-5-9-10(15-6-7)18(12(20)11(19)16-9)8-1-3-17(4-2-8)13(21)22/h5-6,8H,1-4H2,(H,16,19)(H,21,22). The molecular formula is C13H13ClN4O4. The van der Waals surface area contributed by atoms with E-state index in [1.54, 1.807) is 0 Å². The Morgan fingerprint density at radius 3 is 2.68 bits per heavy atom. The molecule has 0 atom stereocenters. The molecule has 8 nitrogen and oxygen atoms in total.